The Hall–Kier alpha value is -4.61. The zero-order chi connectivity index (χ0) is 29.2. The zero-order valence-corrected chi connectivity index (χ0v) is 22.1. The number of halogens is 3. The highest BCUT2D eigenvalue weighted by Crippen LogP contribution is 2.37. The zero-order valence-electron chi connectivity index (χ0n) is 22.1. The van der Waals surface area contributed by atoms with Crippen molar-refractivity contribution in [1.29, 1.82) is 0 Å². The maximum atomic E-state index is 13.5. The molecule has 0 bridgehead atoms. The van der Waals surface area contributed by atoms with Crippen molar-refractivity contribution in [1.82, 2.24) is 15.6 Å². The van der Waals surface area contributed by atoms with Crippen molar-refractivity contribution >= 4 is 29.1 Å². The van der Waals surface area contributed by atoms with Crippen LogP contribution in [0.15, 0.2) is 72.9 Å². The van der Waals surface area contributed by atoms with E-state index in [1.54, 1.807) is 43.6 Å². The van der Waals surface area contributed by atoms with E-state index in [0.717, 1.165) is 5.69 Å². The minimum atomic E-state index is -4.79. The van der Waals surface area contributed by atoms with Crippen LogP contribution >= 0.6 is 0 Å². The van der Waals surface area contributed by atoms with Crippen LogP contribution in [0, 0.1) is 0 Å². The van der Waals surface area contributed by atoms with E-state index < -0.39 is 23.9 Å². The standard InChI is InChI=1S/C29H28F3N5O4/c1-36-23-7-2-3-8-24(23)37(17-19-9-11-21(12-10-19)41-29(30,31)32)18-22(26(36)39)34-27(40)28(13-14-28)35-25(38)16-20-6-4-5-15-33-20/h2-12,15,22H,13-14,16-18H2,1H3,(H,34,40)(H,35,38)/t22-/m1/s1. The van der Waals surface area contributed by atoms with Crippen LogP contribution in [0.25, 0.3) is 0 Å². The van der Waals surface area contributed by atoms with Crippen molar-refractivity contribution in [2.75, 3.05) is 23.4 Å². The highest BCUT2D eigenvalue weighted by atomic mass is 19.4. The molecular formula is C29H28F3N5O4. The number of para-hydroxylation sites is 2. The molecule has 2 N–H and O–H groups in total. The molecule has 3 amide bonds. The topological polar surface area (TPSA) is 104 Å². The maximum absolute atomic E-state index is 13.5. The molecule has 2 heterocycles. The normalized spacial score (nSPS) is 17.8. The van der Waals surface area contributed by atoms with Crippen molar-refractivity contribution in [3.05, 3.63) is 84.2 Å². The molecule has 1 aliphatic heterocycles. The Morgan fingerprint density at radius 1 is 1.02 bits per heavy atom. The number of carbonyl (C=O) groups excluding carboxylic acids is 3. The van der Waals surface area contributed by atoms with Crippen LogP contribution in [-0.2, 0) is 27.3 Å². The first kappa shape index (κ1) is 27.9. The highest BCUT2D eigenvalue weighted by molar-refractivity contribution is 6.04. The van der Waals surface area contributed by atoms with Gasteiger partial charge in [0, 0.05) is 32.0 Å². The summed E-state index contributed by atoms with van der Waals surface area (Å²) >= 11 is 0. The summed E-state index contributed by atoms with van der Waals surface area (Å²) in [7, 11) is 1.62. The Kier molecular flexibility index (Phi) is 7.57. The van der Waals surface area contributed by atoms with E-state index in [9.17, 15) is 27.6 Å². The van der Waals surface area contributed by atoms with Gasteiger partial charge in [-0.25, -0.2) is 0 Å². The number of amides is 3. The van der Waals surface area contributed by atoms with Gasteiger partial charge in [-0.05, 0) is 54.8 Å². The lowest BCUT2D eigenvalue weighted by Crippen LogP contribution is -2.57. The first-order chi connectivity index (χ1) is 19.5. The highest BCUT2D eigenvalue weighted by Gasteiger charge is 2.52. The van der Waals surface area contributed by atoms with Gasteiger partial charge in [-0.2, -0.15) is 0 Å². The summed E-state index contributed by atoms with van der Waals surface area (Å²) in [6, 6.07) is 17.0. The predicted molar refractivity (Wildman–Crippen MR) is 144 cm³/mol. The van der Waals surface area contributed by atoms with Gasteiger partial charge in [-0.1, -0.05) is 30.3 Å². The number of ether oxygens (including phenoxy) is 1. The summed E-state index contributed by atoms with van der Waals surface area (Å²) in [6.07, 6.45) is -2.29. The predicted octanol–water partition coefficient (Wildman–Crippen LogP) is 3.34. The quantitative estimate of drug-likeness (QED) is 0.433. The molecule has 214 valence electrons. The van der Waals surface area contributed by atoms with Crippen molar-refractivity contribution in [2.24, 2.45) is 0 Å². The fourth-order valence-electron chi connectivity index (χ4n) is 4.85. The van der Waals surface area contributed by atoms with Gasteiger partial charge in [0.2, 0.25) is 11.8 Å². The van der Waals surface area contributed by atoms with Crippen molar-refractivity contribution < 1.29 is 32.3 Å². The number of carbonyl (C=O) groups is 3. The van der Waals surface area contributed by atoms with Crippen molar-refractivity contribution in [3.63, 3.8) is 0 Å². The van der Waals surface area contributed by atoms with Crippen LogP contribution in [0.5, 0.6) is 5.75 Å². The summed E-state index contributed by atoms with van der Waals surface area (Å²) in [6.45, 7) is 0.355. The fourth-order valence-corrected chi connectivity index (χ4v) is 4.85. The van der Waals surface area contributed by atoms with E-state index in [2.05, 4.69) is 20.4 Å². The number of pyridine rings is 1. The molecule has 2 aromatic carbocycles. The van der Waals surface area contributed by atoms with Crippen LogP contribution in [0.2, 0.25) is 0 Å². The molecule has 0 unspecified atom stereocenters. The van der Waals surface area contributed by atoms with Crippen LogP contribution in [0.3, 0.4) is 0 Å². The number of likely N-dealkylation sites (N-methyl/N-ethyl adjacent to an activating group) is 1. The number of benzene rings is 2. The number of nitrogens with one attached hydrogen (secondary N) is 2. The second-order valence-electron chi connectivity index (χ2n) is 10.1. The van der Waals surface area contributed by atoms with Crippen molar-refractivity contribution in [3.8, 4) is 5.75 Å². The fraction of sp³-hybridized carbons (Fsp3) is 0.310. The van der Waals surface area contributed by atoms with Crippen LogP contribution in [-0.4, -0.2) is 54.2 Å². The average molecular weight is 568 g/mol. The van der Waals surface area contributed by atoms with E-state index >= 15 is 0 Å². The molecule has 0 saturated heterocycles. The largest absolute Gasteiger partial charge is 0.573 e. The second kappa shape index (κ2) is 11.1. The first-order valence-electron chi connectivity index (χ1n) is 13.0. The monoisotopic (exact) mass is 567 g/mol. The van der Waals surface area contributed by atoms with E-state index in [-0.39, 0.29) is 37.1 Å². The molecular weight excluding hydrogens is 539 g/mol. The molecule has 1 aromatic heterocycles. The summed E-state index contributed by atoms with van der Waals surface area (Å²) in [4.78, 5) is 47.1. The van der Waals surface area contributed by atoms with Gasteiger partial charge >= 0.3 is 6.36 Å². The molecule has 0 radical (unpaired) electrons. The third-order valence-corrected chi connectivity index (χ3v) is 7.08. The number of fused-ring (bicyclic) bond motifs is 1. The first-order valence-corrected chi connectivity index (χ1v) is 13.0. The van der Waals surface area contributed by atoms with Crippen LogP contribution < -0.4 is 25.2 Å². The lowest BCUT2D eigenvalue weighted by atomic mass is 10.1. The van der Waals surface area contributed by atoms with E-state index in [4.69, 9.17) is 0 Å². The molecule has 1 fully saturated rings. The minimum absolute atomic E-state index is 0.0247. The molecule has 9 nitrogen and oxygen atoms in total. The average Bonchev–Trinajstić information content (AvgIpc) is 3.73. The van der Waals surface area contributed by atoms with Gasteiger partial charge in [0.05, 0.1) is 17.8 Å². The second-order valence-corrected chi connectivity index (χ2v) is 10.1. The molecule has 1 aliphatic carbocycles. The summed E-state index contributed by atoms with van der Waals surface area (Å²) in [5, 5.41) is 5.66. The number of nitrogens with zero attached hydrogens (tertiary/aromatic N) is 3. The van der Waals surface area contributed by atoms with Gasteiger partial charge in [-0.15, -0.1) is 13.2 Å². The van der Waals surface area contributed by atoms with Gasteiger partial charge < -0.3 is 25.2 Å². The Labute approximate surface area is 234 Å². The van der Waals surface area contributed by atoms with Gasteiger partial charge in [0.1, 0.15) is 17.3 Å². The number of aromatic nitrogens is 1. The molecule has 3 aromatic rings. The van der Waals surface area contributed by atoms with Crippen LogP contribution in [0.4, 0.5) is 24.5 Å². The van der Waals surface area contributed by atoms with Gasteiger partial charge in [-0.3, -0.25) is 19.4 Å². The van der Waals surface area contributed by atoms with E-state index in [0.29, 0.717) is 29.8 Å². The molecule has 41 heavy (non-hydrogen) atoms. The summed E-state index contributed by atoms with van der Waals surface area (Å²) < 4.78 is 41.7. The number of hydrogen-bond donors (Lipinski definition) is 2. The number of rotatable bonds is 8. The molecule has 0 spiro atoms. The molecule has 1 atom stereocenters. The Morgan fingerprint density at radius 3 is 2.34 bits per heavy atom. The number of hydrogen-bond acceptors (Lipinski definition) is 6. The lowest BCUT2D eigenvalue weighted by molar-refractivity contribution is -0.274. The minimum Gasteiger partial charge on any atom is -0.406 e. The Morgan fingerprint density at radius 2 is 1.71 bits per heavy atom. The summed E-state index contributed by atoms with van der Waals surface area (Å²) in [5.74, 6) is -1.46. The lowest BCUT2D eigenvalue weighted by Gasteiger charge is -2.28. The Balaban J connectivity index is 1.32. The van der Waals surface area contributed by atoms with E-state index in [1.807, 2.05) is 17.0 Å². The number of alkyl halides is 3. The number of anilines is 2. The van der Waals surface area contributed by atoms with Crippen LogP contribution in [0.1, 0.15) is 24.1 Å². The molecule has 12 heteroatoms. The van der Waals surface area contributed by atoms with Crippen molar-refractivity contribution in [2.45, 2.75) is 43.8 Å². The molecule has 1 saturated carbocycles. The van der Waals surface area contributed by atoms with E-state index in [1.165, 1.54) is 29.2 Å². The smallest absolute Gasteiger partial charge is 0.406 e. The maximum Gasteiger partial charge on any atom is 0.573 e. The third-order valence-electron chi connectivity index (χ3n) is 7.08. The van der Waals surface area contributed by atoms with Gasteiger partial charge in [0.25, 0.3) is 5.91 Å². The molecule has 5 rings (SSSR count). The Bertz CT molecular complexity index is 1430. The SMILES string of the molecule is CN1C(=O)[C@H](NC(=O)C2(NC(=O)Cc3ccccn3)CC2)CN(Cc2ccc(OC(F)(F)F)cc2)c2ccccc21. The third kappa shape index (κ3) is 6.59. The summed E-state index contributed by atoms with van der Waals surface area (Å²) in [5.41, 5.74) is 1.50. The molecule has 2 aliphatic rings. The van der Waals surface area contributed by atoms with Gasteiger partial charge in [0.15, 0.2) is 0 Å².